The van der Waals surface area contributed by atoms with Crippen LogP contribution >= 0.6 is 0 Å². The smallest absolute Gasteiger partial charge is 0.224 e. The van der Waals surface area contributed by atoms with Crippen molar-refractivity contribution in [1.29, 1.82) is 0 Å². The molecule has 1 aromatic carbocycles. The maximum Gasteiger partial charge on any atom is 0.224 e. The van der Waals surface area contributed by atoms with Gasteiger partial charge in [-0.3, -0.25) is 9.59 Å². The summed E-state index contributed by atoms with van der Waals surface area (Å²) in [5.74, 6) is 0.180. The molecule has 1 aromatic rings. The number of amides is 2. The minimum atomic E-state index is -3.17. The summed E-state index contributed by atoms with van der Waals surface area (Å²) >= 11 is 0. The second-order valence-electron chi connectivity index (χ2n) is 8.85. The molecule has 8 heteroatoms. The molecular formula is C24H39N3O4S. The fourth-order valence-corrected chi connectivity index (χ4v) is 4.85. The van der Waals surface area contributed by atoms with E-state index in [2.05, 4.69) is 18.7 Å². The number of benzene rings is 1. The normalized spacial score (nSPS) is 16.3. The first-order chi connectivity index (χ1) is 15.1. The van der Waals surface area contributed by atoms with Crippen LogP contribution in [-0.4, -0.2) is 86.5 Å². The lowest BCUT2D eigenvalue weighted by Crippen LogP contribution is -2.37. The second-order valence-corrected chi connectivity index (χ2v) is 10.9. The molecule has 0 bridgehead atoms. The Morgan fingerprint density at radius 3 is 2.38 bits per heavy atom. The molecule has 0 radical (unpaired) electrons. The van der Waals surface area contributed by atoms with Crippen molar-refractivity contribution in [3.63, 3.8) is 0 Å². The maximum atomic E-state index is 12.4. The Hall–Kier alpha value is -1.93. The third kappa shape index (κ3) is 8.20. The maximum absolute atomic E-state index is 12.4. The van der Waals surface area contributed by atoms with Crippen LogP contribution in [0.3, 0.4) is 0 Å². The van der Waals surface area contributed by atoms with Crippen molar-refractivity contribution in [3.8, 4) is 0 Å². The van der Waals surface area contributed by atoms with Gasteiger partial charge in [-0.2, -0.15) is 0 Å². The molecule has 2 amide bonds. The van der Waals surface area contributed by atoms with Crippen LogP contribution in [0.1, 0.15) is 52.0 Å². The van der Waals surface area contributed by atoms with Crippen LogP contribution in [0, 0.1) is 0 Å². The summed E-state index contributed by atoms with van der Waals surface area (Å²) in [7, 11) is -3.17. The number of sulfone groups is 1. The van der Waals surface area contributed by atoms with Crippen molar-refractivity contribution in [2.45, 2.75) is 63.8 Å². The number of hydrogen-bond acceptors (Lipinski definition) is 5. The van der Waals surface area contributed by atoms with E-state index in [-0.39, 0.29) is 11.8 Å². The van der Waals surface area contributed by atoms with E-state index in [0.717, 1.165) is 50.9 Å². The van der Waals surface area contributed by atoms with Gasteiger partial charge in [-0.15, -0.1) is 0 Å². The van der Waals surface area contributed by atoms with Crippen LogP contribution in [0.25, 0.3) is 0 Å². The van der Waals surface area contributed by atoms with Crippen LogP contribution in [0.2, 0.25) is 0 Å². The van der Waals surface area contributed by atoms with Gasteiger partial charge in [0.25, 0.3) is 0 Å². The van der Waals surface area contributed by atoms with Gasteiger partial charge in [0, 0.05) is 51.8 Å². The van der Waals surface area contributed by atoms with E-state index in [0.29, 0.717) is 37.0 Å². The van der Waals surface area contributed by atoms with E-state index in [4.69, 9.17) is 0 Å². The van der Waals surface area contributed by atoms with Crippen molar-refractivity contribution < 1.29 is 18.0 Å². The average Bonchev–Trinajstić information content (AvgIpc) is 2.91. The van der Waals surface area contributed by atoms with Gasteiger partial charge in [0.05, 0.1) is 4.90 Å². The zero-order valence-corrected chi connectivity index (χ0v) is 20.9. The molecule has 1 heterocycles. The van der Waals surface area contributed by atoms with E-state index < -0.39 is 9.84 Å². The minimum Gasteiger partial charge on any atom is -0.341 e. The molecular weight excluding hydrogens is 426 g/mol. The lowest BCUT2D eigenvalue weighted by molar-refractivity contribution is -0.130. The van der Waals surface area contributed by atoms with Crippen LogP contribution < -0.4 is 0 Å². The van der Waals surface area contributed by atoms with Crippen LogP contribution in [-0.2, 0) is 25.8 Å². The molecule has 1 aliphatic rings. The Balaban J connectivity index is 1.82. The quantitative estimate of drug-likeness (QED) is 0.470. The molecule has 0 aliphatic carbocycles. The molecule has 1 atom stereocenters. The topological polar surface area (TPSA) is 78.0 Å². The summed E-state index contributed by atoms with van der Waals surface area (Å²) < 4.78 is 23.3. The number of nitrogens with zero attached hydrogens (tertiary/aromatic N) is 3. The summed E-state index contributed by atoms with van der Waals surface area (Å²) in [5, 5.41) is 0. The Bertz CT molecular complexity index is 855. The Morgan fingerprint density at radius 1 is 1.09 bits per heavy atom. The Kier molecular flexibility index (Phi) is 10.2. The van der Waals surface area contributed by atoms with Crippen LogP contribution in [0.15, 0.2) is 29.2 Å². The fraction of sp³-hybridized carbons (Fsp3) is 0.667. The van der Waals surface area contributed by atoms with Crippen LogP contribution in [0.5, 0.6) is 0 Å². The Labute approximate surface area is 193 Å². The van der Waals surface area contributed by atoms with Gasteiger partial charge >= 0.3 is 0 Å². The zero-order valence-electron chi connectivity index (χ0n) is 20.0. The lowest BCUT2D eigenvalue weighted by atomic mass is 10.1. The van der Waals surface area contributed by atoms with Gasteiger partial charge in [-0.05, 0) is 63.4 Å². The molecule has 0 aromatic heterocycles. The number of carbonyl (C=O) groups is 2. The number of carbonyl (C=O) groups excluding carboxylic acids is 2. The lowest BCUT2D eigenvalue weighted by Gasteiger charge is -2.29. The van der Waals surface area contributed by atoms with E-state index in [9.17, 15) is 18.0 Å². The molecule has 1 unspecified atom stereocenters. The Morgan fingerprint density at radius 2 is 1.78 bits per heavy atom. The van der Waals surface area contributed by atoms with Gasteiger partial charge in [-0.25, -0.2) is 8.42 Å². The van der Waals surface area contributed by atoms with Crippen molar-refractivity contribution in [3.05, 3.63) is 29.8 Å². The molecule has 1 aliphatic heterocycles. The predicted octanol–water partition coefficient (Wildman–Crippen LogP) is 2.59. The first-order valence-electron chi connectivity index (χ1n) is 11.7. The molecule has 1 saturated heterocycles. The largest absolute Gasteiger partial charge is 0.341 e. The third-order valence-electron chi connectivity index (χ3n) is 6.17. The molecule has 2 rings (SSSR count). The number of rotatable bonds is 11. The monoisotopic (exact) mass is 465 g/mol. The zero-order chi connectivity index (χ0) is 23.7. The molecule has 180 valence electrons. The second kappa shape index (κ2) is 12.3. The molecule has 7 nitrogen and oxygen atoms in total. The summed E-state index contributed by atoms with van der Waals surface area (Å²) in [6.45, 7) is 10.4. The highest BCUT2D eigenvalue weighted by Gasteiger charge is 2.22. The van der Waals surface area contributed by atoms with E-state index >= 15 is 0 Å². The molecule has 0 saturated carbocycles. The minimum absolute atomic E-state index is 0.0369. The van der Waals surface area contributed by atoms with Crippen molar-refractivity contribution >= 4 is 21.7 Å². The summed E-state index contributed by atoms with van der Waals surface area (Å²) in [4.78, 5) is 30.4. The molecule has 0 spiro atoms. The average molecular weight is 466 g/mol. The third-order valence-corrected chi connectivity index (χ3v) is 7.30. The number of unbranched alkanes of at least 4 members (excludes halogenated alkanes) is 1. The van der Waals surface area contributed by atoms with Gasteiger partial charge in [0.1, 0.15) is 0 Å². The van der Waals surface area contributed by atoms with Crippen LogP contribution in [0.4, 0.5) is 0 Å². The highest BCUT2D eigenvalue weighted by molar-refractivity contribution is 7.90. The predicted molar refractivity (Wildman–Crippen MR) is 127 cm³/mol. The standard InChI is InChI=1S/C24H39N3O4S/c1-5-13-25(20(2)19-22-8-10-23(11-9-22)32(4,30)31)14-6-7-15-27-18-17-26(21(3)28)16-12-24(27)29/h8-11,20H,5-7,12-19H2,1-4H3. The van der Waals surface area contributed by atoms with E-state index in [1.807, 2.05) is 17.0 Å². The first-order valence-corrected chi connectivity index (χ1v) is 13.6. The molecule has 1 fully saturated rings. The van der Waals surface area contributed by atoms with E-state index in [1.54, 1.807) is 24.0 Å². The highest BCUT2D eigenvalue weighted by Crippen LogP contribution is 2.15. The molecule has 32 heavy (non-hydrogen) atoms. The van der Waals surface area contributed by atoms with Crippen molar-refractivity contribution in [1.82, 2.24) is 14.7 Å². The fourth-order valence-electron chi connectivity index (χ4n) is 4.22. The van der Waals surface area contributed by atoms with E-state index in [1.165, 1.54) is 6.26 Å². The number of hydrogen-bond donors (Lipinski definition) is 0. The summed E-state index contributed by atoms with van der Waals surface area (Å²) in [6.07, 6.45) is 5.54. The SMILES string of the molecule is CCCN(CCCCN1CCN(C(C)=O)CCC1=O)C(C)Cc1ccc(S(C)(=O)=O)cc1. The highest BCUT2D eigenvalue weighted by atomic mass is 32.2. The van der Waals surface area contributed by atoms with Crippen molar-refractivity contribution in [2.24, 2.45) is 0 Å². The van der Waals surface area contributed by atoms with Gasteiger partial charge in [0.2, 0.25) is 11.8 Å². The van der Waals surface area contributed by atoms with Gasteiger partial charge in [0.15, 0.2) is 9.84 Å². The van der Waals surface area contributed by atoms with Crippen molar-refractivity contribution in [2.75, 3.05) is 45.5 Å². The summed E-state index contributed by atoms with van der Waals surface area (Å²) in [5.41, 5.74) is 1.14. The van der Waals surface area contributed by atoms with Gasteiger partial charge < -0.3 is 14.7 Å². The van der Waals surface area contributed by atoms with Gasteiger partial charge in [-0.1, -0.05) is 19.1 Å². The first kappa shape index (κ1) is 26.3. The summed E-state index contributed by atoms with van der Waals surface area (Å²) in [6, 6.07) is 7.54. The molecule has 0 N–H and O–H groups in total.